The number of aryl methyl sites for hydroxylation is 1. The molecule has 5 nitrogen and oxygen atoms in total. The van der Waals surface area contributed by atoms with Crippen molar-refractivity contribution in [3.05, 3.63) is 12.0 Å². The maximum absolute atomic E-state index is 11.4. The fourth-order valence-corrected chi connectivity index (χ4v) is 1.81. The molecule has 0 fully saturated rings. The number of ether oxygens (including phenoxy) is 1. The summed E-state index contributed by atoms with van der Waals surface area (Å²) in [5, 5.41) is 0. The fourth-order valence-electron chi connectivity index (χ4n) is 1.22. The van der Waals surface area contributed by atoms with E-state index in [4.69, 9.17) is 16.9 Å². The third-order valence-electron chi connectivity index (χ3n) is 2.01. The largest absolute Gasteiger partial charge is 0.461 e. The van der Waals surface area contributed by atoms with E-state index in [9.17, 15) is 4.79 Å². The number of nitrogens with zero attached hydrogens (tertiary/aromatic N) is 2. The number of esters is 1. The van der Waals surface area contributed by atoms with E-state index in [2.05, 4.69) is 10.9 Å². The number of carbonyl (C=O) groups is 1. The Hall–Kier alpha value is -1.61. The summed E-state index contributed by atoms with van der Waals surface area (Å²) in [6, 6.07) is 0. The molecule has 0 unspecified atom stereocenters. The molecule has 0 aliphatic heterocycles. The maximum atomic E-state index is 11.4. The lowest BCUT2D eigenvalue weighted by atomic mass is 10.4. The zero-order valence-electron chi connectivity index (χ0n) is 9.68. The van der Waals surface area contributed by atoms with Crippen LogP contribution in [0.5, 0.6) is 0 Å². The van der Waals surface area contributed by atoms with Crippen LogP contribution in [-0.2, 0) is 11.3 Å². The Kier molecular flexibility index (Phi) is 5.43. The second kappa shape index (κ2) is 6.86. The monoisotopic (exact) mass is 253 g/mol. The van der Waals surface area contributed by atoms with Crippen molar-refractivity contribution >= 4 is 23.5 Å². The average Bonchev–Trinajstić information content (AvgIpc) is 2.67. The Morgan fingerprint density at radius 3 is 3.18 bits per heavy atom. The first-order valence-electron chi connectivity index (χ1n) is 5.19. The van der Waals surface area contributed by atoms with Gasteiger partial charge in [-0.25, -0.2) is 9.78 Å². The molecule has 1 heterocycles. The van der Waals surface area contributed by atoms with Gasteiger partial charge in [0.25, 0.3) is 0 Å². The second-order valence-corrected chi connectivity index (χ2v) is 4.25. The highest BCUT2D eigenvalue weighted by atomic mass is 32.2. The van der Waals surface area contributed by atoms with Crippen LogP contribution in [0.4, 0.5) is 5.82 Å². The molecular weight excluding hydrogens is 238 g/mol. The summed E-state index contributed by atoms with van der Waals surface area (Å²) in [6.45, 7) is 2.72. The van der Waals surface area contributed by atoms with E-state index in [0.717, 1.165) is 5.75 Å². The first-order valence-corrected chi connectivity index (χ1v) is 6.35. The van der Waals surface area contributed by atoms with E-state index in [1.807, 2.05) is 0 Å². The molecule has 1 rings (SSSR count). The summed E-state index contributed by atoms with van der Waals surface area (Å²) in [6.07, 6.45) is 6.68. The van der Waals surface area contributed by atoms with Crippen molar-refractivity contribution < 1.29 is 9.53 Å². The van der Waals surface area contributed by atoms with E-state index in [1.165, 1.54) is 6.33 Å². The molecule has 0 saturated carbocycles. The number of nitrogen functional groups attached to an aromatic ring is 1. The summed E-state index contributed by atoms with van der Waals surface area (Å²) >= 11 is 1.63. The second-order valence-electron chi connectivity index (χ2n) is 3.15. The van der Waals surface area contributed by atoms with Gasteiger partial charge in [0.1, 0.15) is 5.82 Å². The van der Waals surface area contributed by atoms with Crippen molar-refractivity contribution in [2.75, 3.05) is 23.8 Å². The number of imidazole rings is 1. The van der Waals surface area contributed by atoms with Crippen LogP contribution in [-0.4, -0.2) is 33.6 Å². The normalized spacial score (nSPS) is 9.88. The number of hydrogen-bond donors (Lipinski definition) is 1. The van der Waals surface area contributed by atoms with Crippen LogP contribution in [0.3, 0.4) is 0 Å². The van der Waals surface area contributed by atoms with E-state index < -0.39 is 5.97 Å². The summed E-state index contributed by atoms with van der Waals surface area (Å²) in [5.41, 5.74) is 5.97. The van der Waals surface area contributed by atoms with E-state index in [-0.39, 0.29) is 5.69 Å². The van der Waals surface area contributed by atoms with Crippen molar-refractivity contribution in [2.45, 2.75) is 13.5 Å². The molecule has 92 valence electrons. The lowest BCUT2D eigenvalue weighted by molar-refractivity contribution is 0.0521. The van der Waals surface area contributed by atoms with Gasteiger partial charge < -0.3 is 15.0 Å². The third-order valence-corrected chi connectivity index (χ3v) is 2.85. The van der Waals surface area contributed by atoms with Crippen LogP contribution in [0, 0.1) is 12.3 Å². The lowest BCUT2D eigenvalue weighted by Gasteiger charge is -2.04. The maximum Gasteiger partial charge on any atom is 0.360 e. The molecule has 6 heteroatoms. The van der Waals surface area contributed by atoms with Crippen LogP contribution in [0.1, 0.15) is 17.4 Å². The molecule has 1 aromatic heterocycles. The first kappa shape index (κ1) is 13.5. The number of terminal acetylenes is 1. The Morgan fingerprint density at radius 2 is 2.53 bits per heavy atom. The SMILES string of the molecule is C#CCSCCn1cnc(C(=O)OCC)c1N. The minimum absolute atomic E-state index is 0.175. The minimum Gasteiger partial charge on any atom is -0.461 e. The number of aromatic nitrogens is 2. The molecule has 0 spiro atoms. The molecule has 0 radical (unpaired) electrons. The molecule has 0 bridgehead atoms. The number of carbonyl (C=O) groups excluding carboxylic acids is 1. The van der Waals surface area contributed by atoms with Crippen LogP contribution < -0.4 is 5.73 Å². The molecule has 0 aliphatic rings. The highest BCUT2D eigenvalue weighted by Gasteiger charge is 2.16. The van der Waals surface area contributed by atoms with E-state index in [1.54, 1.807) is 23.3 Å². The topological polar surface area (TPSA) is 70.1 Å². The predicted molar refractivity (Wildman–Crippen MR) is 68.8 cm³/mol. The Labute approximate surface area is 105 Å². The van der Waals surface area contributed by atoms with Gasteiger partial charge in [-0.15, -0.1) is 18.2 Å². The van der Waals surface area contributed by atoms with Crippen molar-refractivity contribution in [1.29, 1.82) is 0 Å². The predicted octanol–water partition coefficient (Wildman–Crippen LogP) is 1.01. The number of nitrogens with two attached hydrogens (primary N) is 1. The Bertz CT molecular complexity index is 423. The Morgan fingerprint density at radius 1 is 1.76 bits per heavy atom. The minimum atomic E-state index is -0.486. The summed E-state index contributed by atoms with van der Waals surface area (Å²) in [5.74, 6) is 3.89. The van der Waals surface area contributed by atoms with Gasteiger partial charge in [-0.1, -0.05) is 5.92 Å². The van der Waals surface area contributed by atoms with Crippen molar-refractivity contribution in [1.82, 2.24) is 9.55 Å². The van der Waals surface area contributed by atoms with Crippen LogP contribution in [0.25, 0.3) is 0 Å². The van der Waals surface area contributed by atoms with Crippen LogP contribution in [0.15, 0.2) is 6.33 Å². The van der Waals surface area contributed by atoms with Crippen LogP contribution >= 0.6 is 11.8 Å². The van der Waals surface area contributed by atoms with Crippen LogP contribution in [0.2, 0.25) is 0 Å². The van der Waals surface area contributed by atoms with Gasteiger partial charge >= 0.3 is 5.97 Å². The number of thioether (sulfide) groups is 1. The lowest BCUT2D eigenvalue weighted by Crippen LogP contribution is -2.10. The summed E-state index contributed by atoms with van der Waals surface area (Å²) in [4.78, 5) is 15.4. The summed E-state index contributed by atoms with van der Waals surface area (Å²) in [7, 11) is 0. The molecule has 0 amide bonds. The number of rotatable bonds is 6. The number of anilines is 1. The molecule has 0 aliphatic carbocycles. The average molecular weight is 253 g/mol. The van der Waals surface area contributed by atoms with Gasteiger partial charge in [0.2, 0.25) is 0 Å². The highest BCUT2D eigenvalue weighted by molar-refractivity contribution is 7.99. The van der Waals surface area contributed by atoms with Gasteiger partial charge in [-0.2, -0.15) is 0 Å². The first-order chi connectivity index (χ1) is 8.20. The molecule has 0 aromatic carbocycles. The van der Waals surface area contributed by atoms with Gasteiger partial charge in [-0.3, -0.25) is 0 Å². The molecule has 0 atom stereocenters. The van der Waals surface area contributed by atoms with Crippen molar-refractivity contribution in [2.24, 2.45) is 0 Å². The number of hydrogen-bond acceptors (Lipinski definition) is 5. The van der Waals surface area contributed by atoms with Crippen molar-refractivity contribution in [3.8, 4) is 12.3 Å². The van der Waals surface area contributed by atoms with Gasteiger partial charge in [0.15, 0.2) is 5.69 Å². The quantitative estimate of drug-likeness (QED) is 0.465. The molecule has 2 N–H and O–H groups in total. The Balaban J connectivity index is 2.58. The van der Waals surface area contributed by atoms with Crippen molar-refractivity contribution in [3.63, 3.8) is 0 Å². The zero-order chi connectivity index (χ0) is 12.7. The van der Waals surface area contributed by atoms with Gasteiger partial charge in [0.05, 0.1) is 18.7 Å². The molecule has 1 aromatic rings. The standard InChI is InChI=1S/C11H15N3O2S/c1-3-6-17-7-5-14-8-13-9(10(14)12)11(15)16-4-2/h1,8H,4-7,12H2,2H3. The summed E-state index contributed by atoms with van der Waals surface area (Å²) < 4.78 is 6.56. The van der Waals surface area contributed by atoms with Gasteiger partial charge in [0, 0.05) is 12.3 Å². The third kappa shape index (κ3) is 3.71. The fraction of sp³-hybridized carbons (Fsp3) is 0.455. The molecule has 17 heavy (non-hydrogen) atoms. The van der Waals surface area contributed by atoms with Gasteiger partial charge in [-0.05, 0) is 6.92 Å². The van der Waals surface area contributed by atoms with E-state index in [0.29, 0.717) is 24.7 Å². The zero-order valence-corrected chi connectivity index (χ0v) is 10.5. The molecule has 0 saturated heterocycles. The highest BCUT2D eigenvalue weighted by Crippen LogP contribution is 2.12. The molecular formula is C11H15N3O2S. The smallest absolute Gasteiger partial charge is 0.360 e. The van der Waals surface area contributed by atoms with E-state index >= 15 is 0 Å².